The zero-order valence-electron chi connectivity index (χ0n) is 9.83. The van der Waals surface area contributed by atoms with Crippen molar-refractivity contribution in [2.45, 2.75) is 19.4 Å². The van der Waals surface area contributed by atoms with Crippen molar-refractivity contribution in [2.75, 3.05) is 6.54 Å². The molecule has 1 aliphatic rings. The molecular weight excluding hydrogens is 234 g/mol. The summed E-state index contributed by atoms with van der Waals surface area (Å²) in [6, 6.07) is 3.30. The van der Waals surface area contributed by atoms with Crippen LogP contribution in [0.25, 0.3) is 0 Å². The number of aryl methyl sites for hydroxylation is 1. The third-order valence-corrected chi connectivity index (χ3v) is 2.88. The van der Waals surface area contributed by atoms with Gasteiger partial charge in [0.1, 0.15) is 5.56 Å². The lowest BCUT2D eigenvalue weighted by Gasteiger charge is -2.27. The van der Waals surface area contributed by atoms with Gasteiger partial charge in [0.15, 0.2) is 18.9 Å². The van der Waals surface area contributed by atoms with Crippen LogP contribution in [0.4, 0.5) is 0 Å². The first-order chi connectivity index (χ1) is 8.58. The molecule has 2 heterocycles. The molecule has 0 spiro atoms. The van der Waals surface area contributed by atoms with Crippen LogP contribution in [0.3, 0.4) is 0 Å². The van der Waals surface area contributed by atoms with Crippen LogP contribution in [-0.4, -0.2) is 29.2 Å². The topological polar surface area (TPSA) is 84.3 Å². The lowest BCUT2D eigenvalue weighted by Crippen LogP contribution is -2.48. The molecule has 1 aromatic heterocycles. The highest BCUT2D eigenvalue weighted by atomic mass is 16.2. The van der Waals surface area contributed by atoms with E-state index in [-0.39, 0.29) is 18.2 Å². The second-order valence-electron chi connectivity index (χ2n) is 4.13. The molecule has 0 aliphatic carbocycles. The van der Waals surface area contributed by atoms with Crippen molar-refractivity contribution < 1.29 is 19.0 Å². The fourth-order valence-electron chi connectivity index (χ4n) is 1.75. The molecule has 1 fully saturated rings. The van der Waals surface area contributed by atoms with E-state index in [1.807, 2.05) is 0 Å². The zero-order valence-corrected chi connectivity index (χ0v) is 9.83. The van der Waals surface area contributed by atoms with E-state index in [9.17, 15) is 14.4 Å². The first-order valence-corrected chi connectivity index (χ1v) is 5.70. The molecule has 6 nitrogen and oxygen atoms in total. The van der Waals surface area contributed by atoms with Crippen molar-refractivity contribution in [3.05, 3.63) is 30.1 Å². The second kappa shape index (κ2) is 4.95. The molecule has 0 atom stereocenters. The van der Waals surface area contributed by atoms with Crippen molar-refractivity contribution >= 4 is 17.7 Å². The standard InChI is InChI=1S/C12H13N3O3/c13-12(18)9-2-1-5-14(8-9)6-3-10(16)15-7-4-11(15)17/h1-2,5,8H,3-4,6-7H2,(H-,13,18)/p+1. The molecular formula is C12H14N3O3+. The van der Waals surface area contributed by atoms with Gasteiger partial charge in [-0.15, -0.1) is 0 Å². The number of imide groups is 1. The first kappa shape index (κ1) is 12.2. The number of pyridine rings is 1. The number of nitrogens with zero attached hydrogens (tertiary/aromatic N) is 2. The van der Waals surface area contributed by atoms with Crippen molar-refractivity contribution in [1.29, 1.82) is 0 Å². The zero-order chi connectivity index (χ0) is 13.1. The van der Waals surface area contributed by atoms with Gasteiger partial charge in [0.05, 0.1) is 6.42 Å². The smallest absolute Gasteiger partial charge is 0.254 e. The van der Waals surface area contributed by atoms with Gasteiger partial charge in [0.25, 0.3) is 5.91 Å². The van der Waals surface area contributed by atoms with Gasteiger partial charge in [-0.05, 0) is 6.07 Å². The van der Waals surface area contributed by atoms with Gasteiger partial charge in [-0.25, -0.2) is 4.57 Å². The van der Waals surface area contributed by atoms with Crippen molar-refractivity contribution in [1.82, 2.24) is 4.90 Å². The summed E-state index contributed by atoms with van der Waals surface area (Å²) in [5, 5.41) is 0. The first-order valence-electron chi connectivity index (χ1n) is 5.70. The molecule has 0 radical (unpaired) electrons. The number of likely N-dealkylation sites (tertiary alicyclic amines) is 1. The maximum atomic E-state index is 11.6. The lowest BCUT2D eigenvalue weighted by molar-refractivity contribution is -0.696. The Morgan fingerprint density at radius 1 is 1.44 bits per heavy atom. The number of primary amides is 1. The maximum Gasteiger partial charge on any atom is 0.254 e. The Morgan fingerprint density at radius 3 is 2.78 bits per heavy atom. The third kappa shape index (κ3) is 2.53. The Bertz CT molecular complexity index is 513. The largest absolute Gasteiger partial charge is 0.365 e. The molecule has 18 heavy (non-hydrogen) atoms. The number of carbonyl (C=O) groups is 3. The van der Waals surface area contributed by atoms with Crippen molar-refractivity contribution in [3.63, 3.8) is 0 Å². The number of amides is 3. The second-order valence-corrected chi connectivity index (χ2v) is 4.13. The minimum atomic E-state index is -0.506. The average molecular weight is 248 g/mol. The van der Waals surface area contributed by atoms with E-state index in [4.69, 9.17) is 5.73 Å². The lowest BCUT2D eigenvalue weighted by atomic mass is 10.2. The van der Waals surface area contributed by atoms with Crippen molar-refractivity contribution in [3.8, 4) is 0 Å². The molecule has 2 rings (SSSR count). The molecule has 0 saturated carbocycles. The SMILES string of the molecule is NC(=O)c1ccc[n+](CCC(=O)N2CCC2=O)c1. The summed E-state index contributed by atoms with van der Waals surface area (Å²) in [7, 11) is 0. The molecule has 1 aromatic rings. The summed E-state index contributed by atoms with van der Waals surface area (Å²) in [4.78, 5) is 34.9. The van der Waals surface area contributed by atoms with E-state index >= 15 is 0 Å². The van der Waals surface area contributed by atoms with Gasteiger partial charge in [-0.1, -0.05) is 0 Å². The molecule has 1 saturated heterocycles. The molecule has 6 heteroatoms. The monoisotopic (exact) mass is 248 g/mol. The summed E-state index contributed by atoms with van der Waals surface area (Å²) in [6.07, 6.45) is 4.03. The molecule has 1 aliphatic heterocycles. The van der Waals surface area contributed by atoms with Crippen molar-refractivity contribution in [2.24, 2.45) is 5.73 Å². The molecule has 2 N–H and O–H groups in total. The van der Waals surface area contributed by atoms with Crippen LogP contribution in [0.2, 0.25) is 0 Å². The van der Waals surface area contributed by atoms with Crippen LogP contribution >= 0.6 is 0 Å². The number of carbonyl (C=O) groups excluding carboxylic acids is 3. The quantitative estimate of drug-likeness (QED) is 0.560. The average Bonchev–Trinajstić information content (AvgIpc) is 2.35. The number of hydrogen-bond acceptors (Lipinski definition) is 3. The number of aromatic nitrogens is 1. The van der Waals surface area contributed by atoms with Gasteiger partial charge >= 0.3 is 0 Å². The van der Waals surface area contributed by atoms with E-state index in [1.54, 1.807) is 29.1 Å². The molecule has 0 unspecified atom stereocenters. The van der Waals surface area contributed by atoms with Gasteiger partial charge in [0.2, 0.25) is 11.8 Å². The summed E-state index contributed by atoms with van der Waals surface area (Å²) >= 11 is 0. The summed E-state index contributed by atoms with van der Waals surface area (Å²) in [5.74, 6) is -0.798. The maximum absolute atomic E-state index is 11.6. The highest BCUT2D eigenvalue weighted by Gasteiger charge is 2.29. The molecule has 0 bridgehead atoms. The molecule has 0 aromatic carbocycles. The number of rotatable bonds is 4. The minimum Gasteiger partial charge on any atom is -0.365 e. The van der Waals surface area contributed by atoms with Crippen LogP contribution in [-0.2, 0) is 16.1 Å². The fourth-order valence-corrected chi connectivity index (χ4v) is 1.75. The Kier molecular flexibility index (Phi) is 3.36. The highest BCUT2D eigenvalue weighted by Crippen LogP contribution is 2.09. The van der Waals surface area contributed by atoms with E-state index in [2.05, 4.69) is 0 Å². The third-order valence-electron chi connectivity index (χ3n) is 2.88. The van der Waals surface area contributed by atoms with Gasteiger partial charge in [-0.3, -0.25) is 19.3 Å². The van der Waals surface area contributed by atoms with Crippen LogP contribution in [0.15, 0.2) is 24.5 Å². The van der Waals surface area contributed by atoms with Gasteiger partial charge in [0, 0.05) is 19.0 Å². The number of β-lactam (4-membered cyclic amide) rings is 1. The molecule has 3 amide bonds. The van der Waals surface area contributed by atoms with E-state index < -0.39 is 5.91 Å². The Morgan fingerprint density at radius 2 is 2.22 bits per heavy atom. The minimum absolute atomic E-state index is 0.115. The van der Waals surface area contributed by atoms with Crippen LogP contribution in [0, 0.1) is 0 Å². The van der Waals surface area contributed by atoms with Gasteiger partial charge < -0.3 is 5.73 Å². The summed E-state index contributed by atoms with van der Waals surface area (Å²) in [5.41, 5.74) is 5.56. The fraction of sp³-hybridized carbons (Fsp3) is 0.333. The van der Waals surface area contributed by atoms with Crippen LogP contribution in [0.1, 0.15) is 23.2 Å². The van der Waals surface area contributed by atoms with Gasteiger partial charge in [-0.2, -0.15) is 0 Å². The predicted octanol–water partition coefficient (Wildman–Crippen LogP) is -0.778. The highest BCUT2D eigenvalue weighted by molar-refractivity contribution is 5.99. The predicted molar refractivity (Wildman–Crippen MR) is 61.1 cm³/mol. The van der Waals surface area contributed by atoms with E-state index in [0.29, 0.717) is 25.1 Å². The Balaban J connectivity index is 1.93. The van der Waals surface area contributed by atoms with E-state index in [1.165, 1.54) is 4.90 Å². The summed E-state index contributed by atoms with van der Waals surface area (Å²) < 4.78 is 1.71. The number of hydrogen-bond donors (Lipinski definition) is 1. The Hall–Kier alpha value is -2.24. The Labute approximate surface area is 104 Å². The molecule has 94 valence electrons. The number of nitrogens with two attached hydrogens (primary N) is 1. The van der Waals surface area contributed by atoms with E-state index in [0.717, 1.165) is 0 Å². The van der Waals surface area contributed by atoms with Crippen LogP contribution in [0.5, 0.6) is 0 Å². The van der Waals surface area contributed by atoms with Crippen LogP contribution < -0.4 is 10.3 Å². The summed E-state index contributed by atoms with van der Waals surface area (Å²) in [6.45, 7) is 0.938. The normalized spacial score (nSPS) is 14.2.